The Kier molecular flexibility index (Phi) is 7.07. The van der Waals surface area contributed by atoms with E-state index in [2.05, 4.69) is 17.0 Å². The molecule has 176 valence electrons. The monoisotopic (exact) mass is 459 g/mol. The molecule has 0 aliphatic carbocycles. The maximum atomic E-state index is 11.9. The van der Waals surface area contributed by atoms with Crippen LogP contribution in [0.3, 0.4) is 0 Å². The molecule has 0 bridgehead atoms. The van der Waals surface area contributed by atoms with Crippen molar-refractivity contribution in [2.45, 2.75) is 26.8 Å². The molecule has 3 aromatic carbocycles. The smallest absolute Gasteiger partial charge is 0.339 e. The molecule has 1 aromatic heterocycles. The second-order valence-electron chi connectivity index (χ2n) is 8.37. The molecule has 0 saturated carbocycles. The van der Waals surface area contributed by atoms with Crippen LogP contribution >= 0.6 is 0 Å². The molecule has 4 rings (SSSR count). The molecule has 0 saturated heterocycles. The molecule has 0 amide bonds. The third-order valence-electron chi connectivity index (χ3n) is 5.83. The van der Waals surface area contributed by atoms with Crippen LogP contribution < -0.4 is 20.0 Å². The second-order valence-corrected chi connectivity index (χ2v) is 8.37. The number of aromatic hydroxyl groups is 1. The lowest BCUT2D eigenvalue weighted by atomic mass is 10.1. The van der Waals surface area contributed by atoms with Crippen molar-refractivity contribution in [2.24, 2.45) is 0 Å². The van der Waals surface area contributed by atoms with Gasteiger partial charge in [-0.05, 0) is 37.1 Å². The Morgan fingerprint density at radius 3 is 2.38 bits per heavy atom. The van der Waals surface area contributed by atoms with Crippen LogP contribution in [0.15, 0.2) is 75.9 Å². The predicted octanol–water partition coefficient (Wildman–Crippen LogP) is 5.60. The number of aryl methyl sites for hydroxylation is 1. The number of phenols is 1. The topological polar surface area (TPSA) is 72.1 Å². The number of phenolic OH excluding ortho intramolecular Hbond substituents is 1. The molecule has 0 radical (unpaired) electrons. The van der Waals surface area contributed by atoms with E-state index in [1.54, 1.807) is 25.1 Å². The van der Waals surface area contributed by atoms with Gasteiger partial charge in [0.05, 0.1) is 13.2 Å². The molecule has 0 aliphatic heterocycles. The summed E-state index contributed by atoms with van der Waals surface area (Å²) >= 11 is 0. The molecule has 4 aromatic rings. The Hall–Kier alpha value is -3.93. The van der Waals surface area contributed by atoms with E-state index < -0.39 is 0 Å². The van der Waals surface area contributed by atoms with E-state index in [1.807, 2.05) is 50.4 Å². The molecular weight excluding hydrogens is 430 g/mol. The Labute approximate surface area is 199 Å². The van der Waals surface area contributed by atoms with Gasteiger partial charge in [0.2, 0.25) is 0 Å². The maximum absolute atomic E-state index is 11.9. The summed E-state index contributed by atoms with van der Waals surface area (Å²) in [7, 11) is 1.98. The van der Waals surface area contributed by atoms with Crippen molar-refractivity contribution < 1.29 is 19.0 Å². The Morgan fingerprint density at radius 2 is 1.62 bits per heavy atom. The Bertz CT molecular complexity index is 1330. The quantitative estimate of drug-likeness (QED) is 0.259. The van der Waals surface area contributed by atoms with Gasteiger partial charge in [0.25, 0.3) is 0 Å². The van der Waals surface area contributed by atoms with Gasteiger partial charge in [0.1, 0.15) is 22.8 Å². The first-order valence-corrected chi connectivity index (χ1v) is 11.3. The van der Waals surface area contributed by atoms with Gasteiger partial charge >= 0.3 is 5.63 Å². The first-order chi connectivity index (χ1) is 16.4. The summed E-state index contributed by atoms with van der Waals surface area (Å²) in [6.45, 7) is 5.29. The lowest BCUT2D eigenvalue weighted by molar-refractivity contribution is 0.247. The molecule has 0 fully saturated rings. The molecule has 6 heteroatoms. The molecule has 0 spiro atoms. The van der Waals surface area contributed by atoms with Crippen LogP contribution in [0, 0.1) is 13.8 Å². The van der Waals surface area contributed by atoms with Gasteiger partial charge in [-0.25, -0.2) is 4.79 Å². The van der Waals surface area contributed by atoms with E-state index in [-0.39, 0.29) is 11.4 Å². The summed E-state index contributed by atoms with van der Waals surface area (Å²) in [6, 6.07) is 20.9. The van der Waals surface area contributed by atoms with E-state index in [1.165, 1.54) is 5.56 Å². The largest absolute Gasteiger partial charge is 0.508 e. The van der Waals surface area contributed by atoms with Gasteiger partial charge in [-0.1, -0.05) is 30.3 Å². The van der Waals surface area contributed by atoms with Crippen molar-refractivity contribution in [3.63, 3.8) is 0 Å². The zero-order chi connectivity index (χ0) is 24.1. The summed E-state index contributed by atoms with van der Waals surface area (Å²) in [6.07, 6.45) is 0.653. The lowest BCUT2D eigenvalue weighted by Crippen LogP contribution is -2.16. The van der Waals surface area contributed by atoms with Gasteiger partial charge in [-0.2, -0.15) is 0 Å². The Balaban J connectivity index is 1.31. The predicted molar refractivity (Wildman–Crippen MR) is 134 cm³/mol. The normalized spacial score (nSPS) is 10.9. The van der Waals surface area contributed by atoms with E-state index in [4.69, 9.17) is 13.9 Å². The number of rotatable bonds is 9. The van der Waals surface area contributed by atoms with E-state index in [9.17, 15) is 9.90 Å². The van der Waals surface area contributed by atoms with Gasteiger partial charge in [-0.15, -0.1) is 0 Å². The van der Waals surface area contributed by atoms with Crippen LogP contribution in [0.4, 0.5) is 5.69 Å². The van der Waals surface area contributed by atoms with Crippen LogP contribution in [0.1, 0.15) is 23.1 Å². The lowest BCUT2D eigenvalue weighted by Gasteiger charge is -2.20. The fourth-order valence-electron chi connectivity index (χ4n) is 3.78. The highest BCUT2D eigenvalue weighted by molar-refractivity contribution is 5.82. The number of anilines is 1. The van der Waals surface area contributed by atoms with E-state index >= 15 is 0 Å². The van der Waals surface area contributed by atoms with Crippen molar-refractivity contribution in [3.05, 3.63) is 93.8 Å². The average Bonchev–Trinajstić information content (AvgIpc) is 2.82. The minimum absolute atomic E-state index is 0.159. The van der Waals surface area contributed by atoms with E-state index in [0.29, 0.717) is 42.3 Å². The fourth-order valence-corrected chi connectivity index (χ4v) is 3.78. The minimum Gasteiger partial charge on any atom is -0.508 e. The maximum Gasteiger partial charge on any atom is 0.339 e. The summed E-state index contributed by atoms with van der Waals surface area (Å²) in [5, 5.41) is 11.0. The molecular formula is C28H29NO5. The molecule has 0 atom stereocenters. The van der Waals surface area contributed by atoms with Gasteiger partial charge < -0.3 is 23.9 Å². The molecule has 6 nitrogen and oxygen atoms in total. The van der Waals surface area contributed by atoms with Crippen molar-refractivity contribution in [2.75, 3.05) is 25.2 Å². The summed E-state index contributed by atoms with van der Waals surface area (Å²) < 4.78 is 17.1. The van der Waals surface area contributed by atoms with Crippen LogP contribution in [-0.2, 0) is 6.54 Å². The van der Waals surface area contributed by atoms with Crippen LogP contribution in [-0.4, -0.2) is 25.4 Å². The first-order valence-electron chi connectivity index (χ1n) is 11.3. The van der Waals surface area contributed by atoms with Gasteiger partial charge in [0, 0.05) is 60.9 Å². The van der Waals surface area contributed by atoms with Crippen molar-refractivity contribution >= 4 is 16.7 Å². The average molecular weight is 460 g/mol. The number of hydrogen-bond donors (Lipinski definition) is 1. The SMILES string of the molecule is Cc1c(C)c2ccc(OCCCOc3cc(O)cc(N(C)Cc4ccccc4)c3)cc2oc1=O. The van der Waals surface area contributed by atoms with Gasteiger partial charge in [0.15, 0.2) is 0 Å². The van der Waals surface area contributed by atoms with Crippen LogP contribution in [0.25, 0.3) is 11.0 Å². The highest BCUT2D eigenvalue weighted by Crippen LogP contribution is 2.28. The van der Waals surface area contributed by atoms with Crippen molar-refractivity contribution in [1.82, 2.24) is 0 Å². The highest BCUT2D eigenvalue weighted by Gasteiger charge is 2.09. The fraction of sp³-hybridized carbons (Fsp3) is 0.250. The third kappa shape index (κ3) is 5.52. The summed E-state index contributed by atoms with van der Waals surface area (Å²) in [5.74, 6) is 1.40. The first kappa shape index (κ1) is 23.2. The zero-order valence-electron chi connectivity index (χ0n) is 19.7. The summed E-state index contributed by atoms with van der Waals surface area (Å²) in [5.41, 5.74) is 3.81. The molecule has 0 unspecified atom stereocenters. The summed E-state index contributed by atoms with van der Waals surface area (Å²) in [4.78, 5) is 14.0. The standard InChI is InChI=1S/C28H29NO5/c1-19-20(2)28(31)34-27-17-24(10-11-26(19)27)32-12-7-13-33-25-15-22(14-23(30)16-25)29(3)18-21-8-5-4-6-9-21/h4-6,8-11,14-17,30H,7,12-13,18H2,1-3H3. The molecule has 34 heavy (non-hydrogen) atoms. The number of benzene rings is 3. The van der Waals surface area contributed by atoms with Crippen molar-refractivity contribution in [1.29, 1.82) is 0 Å². The van der Waals surface area contributed by atoms with Crippen LogP contribution in [0.2, 0.25) is 0 Å². The molecule has 1 N–H and O–H groups in total. The minimum atomic E-state index is -0.324. The number of ether oxygens (including phenoxy) is 2. The highest BCUT2D eigenvalue weighted by atomic mass is 16.5. The number of fused-ring (bicyclic) bond motifs is 1. The number of nitrogens with zero attached hydrogens (tertiary/aromatic N) is 1. The zero-order valence-corrected chi connectivity index (χ0v) is 19.7. The Morgan fingerprint density at radius 1 is 0.882 bits per heavy atom. The third-order valence-corrected chi connectivity index (χ3v) is 5.83. The van der Waals surface area contributed by atoms with E-state index in [0.717, 1.165) is 23.2 Å². The van der Waals surface area contributed by atoms with Crippen molar-refractivity contribution in [3.8, 4) is 17.2 Å². The molecule has 0 aliphatic rings. The van der Waals surface area contributed by atoms with Gasteiger partial charge in [-0.3, -0.25) is 0 Å². The number of hydrogen-bond acceptors (Lipinski definition) is 6. The van der Waals surface area contributed by atoms with Crippen LogP contribution in [0.5, 0.6) is 17.2 Å². The second kappa shape index (κ2) is 10.3. The molecule has 1 heterocycles.